The van der Waals surface area contributed by atoms with Gasteiger partial charge >= 0.3 is 6.61 Å². The van der Waals surface area contributed by atoms with Gasteiger partial charge in [-0.25, -0.2) is 14.4 Å². The van der Waals surface area contributed by atoms with E-state index in [0.29, 0.717) is 61.5 Å². The van der Waals surface area contributed by atoms with Crippen LogP contribution in [0.4, 0.5) is 24.7 Å². The van der Waals surface area contributed by atoms with Crippen LogP contribution in [0.25, 0.3) is 10.9 Å². The van der Waals surface area contributed by atoms with Crippen LogP contribution in [0, 0.1) is 5.82 Å². The largest absolute Gasteiger partial charge is 0.504 e. The molecule has 1 atom stereocenters. The topological polar surface area (TPSA) is 79.7 Å². The summed E-state index contributed by atoms with van der Waals surface area (Å²) in [6.45, 7) is -0.611. The van der Waals surface area contributed by atoms with Gasteiger partial charge < -0.3 is 24.8 Å². The van der Waals surface area contributed by atoms with Gasteiger partial charge in [-0.2, -0.15) is 8.78 Å². The van der Waals surface area contributed by atoms with Crippen LogP contribution < -0.4 is 10.1 Å². The van der Waals surface area contributed by atoms with E-state index in [1.54, 1.807) is 6.07 Å². The Morgan fingerprint density at radius 3 is 2.88 bits per heavy atom. The molecule has 176 valence electrons. The molecule has 0 amide bonds. The summed E-state index contributed by atoms with van der Waals surface area (Å²) in [7, 11) is 0. The number of benzene rings is 2. The van der Waals surface area contributed by atoms with Gasteiger partial charge in [-0.3, -0.25) is 0 Å². The predicted molar refractivity (Wildman–Crippen MR) is 118 cm³/mol. The number of aromatic hydroxyl groups is 1. The fourth-order valence-corrected chi connectivity index (χ4v) is 3.91. The van der Waals surface area contributed by atoms with Gasteiger partial charge in [-0.1, -0.05) is 11.6 Å². The van der Waals surface area contributed by atoms with Crippen molar-refractivity contribution in [3.63, 3.8) is 0 Å². The van der Waals surface area contributed by atoms with E-state index < -0.39 is 18.5 Å². The third kappa shape index (κ3) is 5.95. The van der Waals surface area contributed by atoms with Crippen molar-refractivity contribution in [3.05, 3.63) is 47.5 Å². The van der Waals surface area contributed by atoms with Crippen molar-refractivity contribution < 1.29 is 27.8 Å². The molecule has 4 rings (SSSR count). The summed E-state index contributed by atoms with van der Waals surface area (Å²) in [5.41, 5.74) is 1.03. The number of aromatic nitrogens is 2. The maximum atomic E-state index is 13.4. The highest BCUT2D eigenvalue weighted by molar-refractivity contribution is 6.31. The van der Waals surface area contributed by atoms with E-state index in [-0.39, 0.29) is 16.5 Å². The average molecular weight is 483 g/mol. The molecule has 0 bridgehead atoms. The normalized spacial score (nSPS) is 16.6. The summed E-state index contributed by atoms with van der Waals surface area (Å²) >= 11 is 5.85. The van der Waals surface area contributed by atoms with Crippen molar-refractivity contribution in [1.82, 2.24) is 14.9 Å². The SMILES string of the molecule is Oc1cc2ncnc(Nc3ccc(F)c(Cl)c3)c2cc1OCCCN1CC[C@@H](OC(F)F)C1. The fourth-order valence-electron chi connectivity index (χ4n) is 3.73. The number of halogens is 4. The minimum absolute atomic E-state index is 0.0230. The maximum absolute atomic E-state index is 13.4. The number of phenols is 1. The molecule has 0 radical (unpaired) electrons. The zero-order valence-corrected chi connectivity index (χ0v) is 18.2. The summed E-state index contributed by atoms with van der Waals surface area (Å²) in [5, 5.41) is 14.0. The van der Waals surface area contributed by atoms with Gasteiger partial charge in [0.25, 0.3) is 0 Å². The standard InChI is InChI=1S/C22H22ClF3N4O3/c23-16-8-13(2-3-17(16)24)29-21-15-9-20(19(31)10-18(15)27-12-28-21)32-7-1-5-30-6-4-14(11-30)33-22(25)26/h2-3,8-10,12,14,22,31H,1,4-7,11H2,(H,27,28,29)/t14-/m1/s1. The summed E-state index contributed by atoms with van der Waals surface area (Å²) in [6.07, 6.45) is 2.11. The van der Waals surface area contributed by atoms with E-state index in [0.717, 1.165) is 0 Å². The zero-order chi connectivity index (χ0) is 23.4. The van der Waals surface area contributed by atoms with Gasteiger partial charge in [-0.05, 0) is 37.1 Å². The Morgan fingerprint density at radius 1 is 1.24 bits per heavy atom. The number of anilines is 2. The number of phenolic OH excluding ortho intramolecular Hbond substituents is 1. The lowest BCUT2D eigenvalue weighted by Gasteiger charge is -2.16. The molecule has 0 saturated carbocycles. The summed E-state index contributed by atoms with van der Waals surface area (Å²) in [6, 6.07) is 7.32. The van der Waals surface area contributed by atoms with E-state index >= 15 is 0 Å². The lowest BCUT2D eigenvalue weighted by molar-refractivity contribution is -0.158. The Labute approximate surface area is 193 Å². The molecule has 0 aliphatic carbocycles. The summed E-state index contributed by atoms with van der Waals surface area (Å²) in [4.78, 5) is 10.4. The molecule has 1 saturated heterocycles. The van der Waals surface area contributed by atoms with Crippen LogP contribution in [0.5, 0.6) is 11.5 Å². The third-order valence-electron chi connectivity index (χ3n) is 5.30. The Balaban J connectivity index is 1.39. The molecular weight excluding hydrogens is 461 g/mol. The van der Waals surface area contributed by atoms with Crippen LogP contribution in [-0.4, -0.2) is 58.9 Å². The smallest absolute Gasteiger partial charge is 0.345 e. The van der Waals surface area contributed by atoms with Crippen LogP contribution in [0.15, 0.2) is 36.7 Å². The van der Waals surface area contributed by atoms with Crippen molar-refractivity contribution in [2.24, 2.45) is 0 Å². The van der Waals surface area contributed by atoms with Gasteiger partial charge in [0.05, 0.1) is 23.3 Å². The van der Waals surface area contributed by atoms with Gasteiger partial charge in [-0.15, -0.1) is 0 Å². The second-order valence-corrected chi connectivity index (χ2v) is 8.03. The van der Waals surface area contributed by atoms with E-state index in [2.05, 4.69) is 20.0 Å². The predicted octanol–water partition coefficient (Wildman–Crippen LogP) is 4.95. The first-order valence-electron chi connectivity index (χ1n) is 10.4. The monoisotopic (exact) mass is 482 g/mol. The van der Waals surface area contributed by atoms with Crippen molar-refractivity contribution in [2.45, 2.75) is 25.6 Å². The highest BCUT2D eigenvalue weighted by Crippen LogP contribution is 2.34. The van der Waals surface area contributed by atoms with Gasteiger partial charge in [0.1, 0.15) is 18.0 Å². The lowest BCUT2D eigenvalue weighted by atomic mass is 10.2. The molecule has 7 nitrogen and oxygen atoms in total. The molecule has 11 heteroatoms. The molecular formula is C22H22ClF3N4O3. The molecule has 0 spiro atoms. The number of rotatable bonds is 9. The Morgan fingerprint density at radius 2 is 2.09 bits per heavy atom. The Bertz CT molecular complexity index is 1120. The average Bonchev–Trinajstić information content (AvgIpc) is 3.21. The van der Waals surface area contributed by atoms with Gasteiger partial charge in [0.2, 0.25) is 0 Å². The molecule has 2 N–H and O–H groups in total. The number of nitrogens with one attached hydrogen (secondary N) is 1. The molecule has 1 aliphatic rings. The number of hydrogen-bond acceptors (Lipinski definition) is 7. The number of hydrogen-bond donors (Lipinski definition) is 2. The van der Waals surface area contributed by atoms with Gasteiger partial charge in [0.15, 0.2) is 11.5 Å². The van der Waals surface area contributed by atoms with E-state index in [9.17, 15) is 18.3 Å². The number of alkyl halides is 2. The number of ether oxygens (including phenoxy) is 2. The minimum atomic E-state index is -2.75. The molecule has 1 fully saturated rings. The highest BCUT2D eigenvalue weighted by atomic mass is 35.5. The highest BCUT2D eigenvalue weighted by Gasteiger charge is 2.25. The summed E-state index contributed by atoms with van der Waals surface area (Å²) in [5.74, 6) is 0.109. The van der Waals surface area contributed by atoms with Gasteiger partial charge in [0, 0.05) is 36.8 Å². The molecule has 0 unspecified atom stereocenters. The Kier molecular flexibility index (Phi) is 7.36. The first-order valence-corrected chi connectivity index (χ1v) is 10.8. The van der Waals surface area contributed by atoms with Crippen LogP contribution in [-0.2, 0) is 4.74 Å². The van der Waals surface area contributed by atoms with Crippen molar-refractivity contribution in [3.8, 4) is 11.5 Å². The van der Waals surface area contributed by atoms with Crippen LogP contribution in [0.1, 0.15) is 12.8 Å². The Hall–Kier alpha value is -2.82. The number of likely N-dealkylation sites (tertiary alicyclic amines) is 1. The van der Waals surface area contributed by atoms with Crippen LogP contribution in [0.3, 0.4) is 0 Å². The maximum Gasteiger partial charge on any atom is 0.345 e. The van der Waals surface area contributed by atoms with E-state index in [4.69, 9.17) is 16.3 Å². The third-order valence-corrected chi connectivity index (χ3v) is 5.59. The van der Waals surface area contributed by atoms with Crippen molar-refractivity contribution in [2.75, 3.05) is 31.6 Å². The zero-order valence-electron chi connectivity index (χ0n) is 17.5. The van der Waals surface area contributed by atoms with E-state index in [1.807, 2.05) is 4.90 Å². The molecule has 1 aromatic heterocycles. The minimum Gasteiger partial charge on any atom is -0.504 e. The van der Waals surface area contributed by atoms with Crippen molar-refractivity contribution in [1.29, 1.82) is 0 Å². The second kappa shape index (κ2) is 10.4. The molecule has 2 aromatic carbocycles. The van der Waals surface area contributed by atoms with Crippen LogP contribution in [0.2, 0.25) is 5.02 Å². The molecule has 1 aliphatic heterocycles. The quantitative estimate of drug-likeness (QED) is 0.417. The molecule has 3 aromatic rings. The second-order valence-electron chi connectivity index (χ2n) is 7.62. The summed E-state index contributed by atoms with van der Waals surface area (Å²) < 4.78 is 48.4. The molecule has 2 heterocycles. The van der Waals surface area contributed by atoms with Crippen LogP contribution >= 0.6 is 11.6 Å². The van der Waals surface area contributed by atoms with E-state index in [1.165, 1.54) is 30.6 Å². The number of fused-ring (bicyclic) bond motifs is 1. The first-order chi connectivity index (χ1) is 15.9. The van der Waals surface area contributed by atoms with Crippen molar-refractivity contribution >= 4 is 34.0 Å². The number of nitrogens with zero attached hydrogens (tertiary/aromatic N) is 3. The first kappa shape index (κ1) is 23.3. The lowest BCUT2D eigenvalue weighted by Crippen LogP contribution is -2.26. The molecule has 33 heavy (non-hydrogen) atoms. The fraction of sp³-hybridized carbons (Fsp3) is 0.364.